The van der Waals surface area contributed by atoms with Gasteiger partial charge in [0.05, 0.1) is 5.69 Å². The molecule has 0 radical (unpaired) electrons. The minimum atomic E-state index is 0.357. The molecule has 2 rings (SSSR count). The van der Waals surface area contributed by atoms with Crippen LogP contribution in [0.4, 0.5) is 0 Å². The van der Waals surface area contributed by atoms with Crippen LogP contribution in [0.5, 0.6) is 5.75 Å². The molecule has 0 N–H and O–H groups in total. The molecule has 0 aliphatic carbocycles. The minimum absolute atomic E-state index is 0.357. The second-order valence-electron chi connectivity index (χ2n) is 4.87. The van der Waals surface area contributed by atoms with Crippen molar-refractivity contribution in [1.82, 2.24) is 4.98 Å². The van der Waals surface area contributed by atoms with Gasteiger partial charge in [0.15, 0.2) is 6.61 Å². The number of aromatic nitrogens is 1. The maximum Gasteiger partial charge on any atom is 0.232 e. The van der Waals surface area contributed by atoms with Crippen LogP contribution in [-0.4, -0.2) is 4.98 Å². The minimum Gasteiger partial charge on any atom is -0.484 e. The molecule has 0 spiro atoms. The molecule has 1 aromatic heterocycles. The zero-order valence-corrected chi connectivity index (χ0v) is 13.2. The fourth-order valence-electron chi connectivity index (χ4n) is 1.84. The van der Waals surface area contributed by atoms with Gasteiger partial charge in [0.25, 0.3) is 0 Å². The molecule has 0 saturated carbocycles. The van der Waals surface area contributed by atoms with Crippen LogP contribution >= 0.6 is 15.9 Å². The average molecular weight is 324 g/mol. The van der Waals surface area contributed by atoms with E-state index in [4.69, 9.17) is 9.15 Å². The lowest BCUT2D eigenvalue weighted by Gasteiger charge is -2.13. The summed E-state index contributed by atoms with van der Waals surface area (Å²) < 4.78 is 12.4. The van der Waals surface area contributed by atoms with Gasteiger partial charge < -0.3 is 9.15 Å². The number of rotatable bonds is 4. The van der Waals surface area contributed by atoms with Crippen molar-refractivity contribution in [2.24, 2.45) is 0 Å². The second-order valence-corrected chi connectivity index (χ2v) is 5.79. The Morgan fingerprint density at radius 1 is 1.32 bits per heavy atom. The van der Waals surface area contributed by atoms with Crippen molar-refractivity contribution >= 4 is 15.9 Å². The van der Waals surface area contributed by atoms with Crippen LogP contribution in [0, 0.1) is 13.8 Å². The molecule has 0 amide bonds. The SMILES string of the molecule is Cc1nc(COc2ccc(Br)cc2C(C)C)oc1C. The number of benzene rings is 1. The molecule has 1 aromatic carbocycles. The quantitative estimate of drug-likeness (QED) is 0.813. The second kappa shape index (κ2) is 5.78. The van der Waals surface area contributed by atoms with Crippen LogP contribution in [0.1, 0.15) is 42.7 Å². The summed E-state index contributed by atoms with van der Waals surface area (Å²) in [5.41, 5.74) is 2.09. The predicted octanol–water partition coefficient (Wildman–Crippen LogP) is 4.76. The number of halogens is 1. The van der Waals surface area contributed by atoms with Crippen molar-refractivity contribution in [3.63, 3.8) is 0 Å². The van der Waals surface area contributed by atoms with Crippen LogP contribution in [0.25, 0.3) is 0 Å². The third-order valence-corrected chi connectivity index (χ3v) is 3.51. The molecule has 0 unspecified atom stereocenters. The summed E-state index contributed by atoms with van der Waals surface area (Å²) in [4.78, 5) is 4.32. The summed E-state index contributed by atoms with van der Waals surface area (Å²) in [6.45, 7) is 8.49. The van der Waals surface area contributed by atoms with Crippen molar-refractivity contribution < 1.29 is 9.15 Å². The number of hydrogen-bond acceptors (Lipinski definition) is 3. The van der Waals surface area contributed by atoms with Crippen molar-refractivity contribution in [2.75, 3.05) is 0 Å². The van der Waals surface area contributed by atoms with Crippen LogP contribution in [0.2, 0.25) is 0 Å². The zero-order chi connectivity index (χ0) is 14.0. The third-order valence-electron chi connectivity index (χ3n) is 3.02. The average Bonchev–Trinajstić information content (AvgIpc) is 2.67. The van der Waals surface area contributed by atoms with Gasteiger partial charge in [0, 0.05) is 4.47 Å². The first-order chi connectivity index (χ1) is 8.97. The topological polar surface area (TPSA) is 35.3 Å². The first-order valence-electron chi connectivity index (χ1n) is 6.32. The Hall–Kier alpha value is -1.29. The fourth-order valence-corrected chi connectivity index (χ4v) is 2.22. The number of aryl methyl sites for hydroxylation is 2. The Balaban J connectivity index is 2.15. The van der Waals surface area contributed by atoms with Crippen molar-refractivity contribution in [3.05, 3.63) is 45.6 Å². The molecule has 0 saturated heterocycles. The predicted molar refractivity (Wildman–Crippen MR) is 78.5 cm³/mol. The molecular weight excluding hydrogens is 306 g/mol. The van der Waals surface area contributed by atoms with E-state index in [0.717, 1.165) is 21.7 Å². The first kappa shape index (κ1) is 14.1. The molecule has 0 aliphatic heterocycles. The summed E-state index contributed by atoms with van der Waals surface area (Å²) in [7, 11) is 0. The highest BCUT2D eigenvalue weighted by molar-refractivity contribution is 9.10. The van der Waals surface area contributed by atoms with Gasteiger partial charge in [-0.15, -0.1) is 0 Å². The van der Waals surface area contributed by atoms with Gasteiger partial charge in [-0.2, -0.15) is 0 Å². The summed E-state index contributed by atoms with van der Waals surface area (Å²) in [6.07, 6.45) is 0. The standard InChI is InChI=1S/C15H18BrNO2/c1-9(2)13-7-12(16)5-6-14(13)18-8-15-17-10(3)11(4)19-15/h5-7,9H,8H2,1-4H3. The molecule has 102 valence electrons. The van der Waals surface area contributed by atoms with Gasteiger partial charge >= 0.3 is 0 Å². The molecule has 1 heterocycles. The lowest BCUT2D eigenvalue weighted by Crippen LogP contribution is -2.00. The summed E-state index contributed by atoms with van der Waals surface area (Å²) >= 11 is 3.49. The van der Waals surface area contributed by atoms with E-state index >= 15 is 0 Å². The van der Waals surface area contributed by atoms with Gasteiger partial charge in [-0.05, 0) is 43.5 Å². The lowest BCUT2D eigenvalue weighted by molar-refractivity contribution is 0.257. The Bertz CT molecular complexity index is 556. The molecule has 19 heavy (non-hydrogen) atoms. The molecule has 2 aromatic rings. The maximum atomic E-state index is 5.83. The van der Waals surface area contributed by atoms with E-state index < -0.39 is 0 Å². The van der Waals surface area contributed by atoms with E-state index in [1.165, 1.54) is 5.56 Å². The molecule has 0 aliphatic rings. The Kier molecular flexibility index (Phi) is 4.30. The van der Waals surface area contributed by atoms with Gasteiger partial charge in [0.2, 0.25) is 5.89 Å². The Morgan fingerprint density at radius 2 is 2.05 bits per heavy atom. The van der Waals surface area contributed by atoms with E-state index in [1.807, 2.05) is 26.0 Å². The molecule has 0 fully saturated rings. The van der Waals surface area contributed by atoms with E-state index in [0.29, 0.717) is 18.4 Å². The number of ether oxygens (including phenoxy) is 1. The highest BCUT2D eigenvalue weighted by atomic mass is 79.9. The van der Waals surface area contributed by atoms with Crippen LogP contribution < -0.4 is 4.74 Å². The molecule has 0 atom stereocenters. The van der Waals surface area contributed by atoms with E-state index in [9.17, 15) is 0 Å². The van der Waals surface area contributed by atoms with E-state index in [-0.39, 0.29) is 0 Å². The van der Waals surface area contributed by atoms with Crippen molar-refractivity contribution in [1.29, 1.82) is 0 Å². The van der Waals surface area contributed by atoms with Gasteiger partial charge in [-0.3, -0.25) is 0 Å². The smallest absolute Gasteiger partial charge is 0.232 e. The molecular formula is C15H18BrNO2. The number of nitrogens with zero attached hydrogens (tertiary/aromatic N) is 1. The Morgan fingerprint density at radius 3 is 2.63 bits per heavy atom. The first-order valence-corrected chi connectivity index (χ1v) is 7.12. The largest absolute Gasteiger partial charge is 0.484 e. The van der Waals surface area contributed by atoms with E-state index in [1.54, 1.807) is 0 Å². The highest BCUT2D eigenvalue weighted by Crippen LogP contribution is 2.30. The van der Waals surface area contributed by atoms with Gasteiger partial charge in [-0.1, -0.05) is 29.8 Å². The normalized spacial score (nSPS) is 11.1. The monoisotopic (exact) mass is 323 g/mol. The third kappa shape index (κ3) is 3.38. The van der Waals surface area contributed by atoms with Crippen LogP contribution in [0.15, 0.2) is 27.1 Å². The van der Waals surface area contributed by atoms with Gasteiger partial charge in [-0.25, -0.2) is 4.98 Å². The van der Waals surface area contributed by atoms with Crippen LogP contribution in [0.3, 0.4) is 0 Å². The summed E-state index contributed by atoms with van der Waals surface area (Å²) in [5, 5.41) is 0. The molecule has 4 heteroatoms. The highest BCUT2D eigenvalue weighted by Gasteiger charge is 2.11. The van der Waals surface area contributed by atoms with Crippen LogP contribution in [-0.2, 0) is 6.61 Å². The van der Waals surface area contributed by atoms with Crippen molar-refractivity contribution in [3.8, 4) is 5.75 Å². The number of hydrogen-bond donors (Lipinski definition) is 0. The summed E-state index contributed by atoms with van der Waals surface area (Å²) in [6, 6.07) is 6.04. The number of oxazole rings is 1. The maximum absolute atomic E-state index is 5.83. The molecule has 3 nitrogen and oxygen atoms in total. The van der Waals surface area contributed by atoms with Gasteiger partial charge in [0.1, 0.15) is 11.5 Å². The van der Waals surface area contributed by atoms with Crippen molar-refractivity contribution in [2.45, 2.75) is 40.2 Å². The summed E-state index contributed by atoms with van der Waals surface area (Å²) in [5.74, 6) is 2.75. The fraction of sp³-hybridized carbons (Fsp3) is 0.400. The molecule has 0 bridgehead atoms. The lowest BCUT2D eigenvalue weighted by atomic mass is 10.0. The zero-order valence-electron chi connectivity index (χ0n) is 11.7. The Labute approximate surface area is 122 Å². The van der Waals surface area contributed by atoms with E-state index in [2.05, 4.69) is 40.8 Å².